The van der Waals surface area contributed by atoms with Gasteiger partial charge in [-0.25, -0.2) is 4.98 Å². The standard InChI is InChI=1S/C23H24F3N3O/c24-23(25,26)19-9-4-18(5-10-19)8-13-22-29-21(16-30-22)15-28-20-11-6-17(7-12-20)3-1-2-14-27/h4-13,16,28H,1-3,14-15,27H2/b13-8+. The monoisotopic (exact) mass is 415 g/mol. The lowest BCUT2D eigenvalue weighted by molar-refractivity contribution is -0.137. The van der Waals surface area contributed by atoms with Crippen molar-refractivity contribution in [3.05, 3.63) is 83.1 Å². The van der Waals surface area contributed by atoms with Crippen LogP contribution < -0.4 is 11.1 Å². The number of hydrogen-bond acceptors (Lipinski definition) is 4. The number of alkyl halides is 3. The van der Waals surface area contributed by atoms with Crippen LogP contribution in [-0.2, 0) is 19.1 Å². The third kappa shape index (κ3) is 6.49. The molecule has 0 fully saturated rings. The molecule has 4 nitrogen and oxygen atoms in total. The van der Waals surface area contributed by atoms with Crippen LogP contribution in [-0.4, -0.2) is 11.5 Å². The van der Waals surface area contributed by atoms with Gasteiger partial charge in [-0.15, -0.1) is 0 Å². The zero-order valence-electron chi connectivity index (χ0n) is 16.5. The Morgan fingerprint density at radius 3 is 2.37 bits per heavy atom. The Bertz CT molecular complexity index is 945. The normalized spacial score (nSPS) is 11.9. The van der Waals surface area contributed by atoms with Gasteiger partial charge in [-0.3, -0.25) is 0 Å². The van der Waals surface area contributed by atoms with Gasteiger partial charge >= 0.3 is 6.18 Å². The molecule has 0 aliphatic carbocycles. The number of nitrogens with one attached hydrogen (secondary N) is 1. The Balaban J connectivity index is 1.51. The van der Waals surface area contributed by atoms with Gasteiger partial charge in [0, 0.05) is 11.8 Å². The van der Waals surface area contributed by atoms with Crippen molar-refractivity contribution in [1.82, 2.24) is 4.98 Å². The fourth-order valence-corrected chi connectivity index (χ4v) is 2.89. The predicted octanol–water partition coefficient (Wildman–Crippen LogP) is 5.76. The van der Waals surface area contributed by atoms with Crippen LogP contribution in [0.3, 0.4) is 0 Å². The molecule has 3 N–H and O–H groups in total. The quantitative estimate of drug-likeness (QED) is 0.436. The molecule has 3 rings (SSSR count). The second kappa shape index (κ2) is 10.1. The molecule has 3 aromatic rings. The zero-order chi connectivity index (χ0) is 21.4. The van der Waals surface area contributed by atoms with Crippen molar-refractivity contribution in [2.24, 2.45) is 5.73 Å². The van der Waals surface area contributed by atoms with E-state index in [2.05, 4.69) is 22.4 Å². The highest BCUT2D eigenvalue weighted by molar-refractivity contribution is 5.66. The number of nitrogens with two attached hydrogens (primary N) is 1. The van der Waals surface area contributed by atoms with E-state index >= 15 is 0 Å². The molecule has 0 amide bonds. The summed E-state index contributed by atoms with van der Waals surface area (Å²) < 4.78 is 43.2. The lowest BCUT2D eigenvalue weighted by atomic mass is 10.1. The molecular formula is C23H24F3N3O. The molecule has 30 heavy (non-hydrogen) atoms. The average molecular weight is 415 g/mol. The maximum absolute atomic E-state index is 12.6. The minimum absolute atomic E-state index is 0.391. The van der Waals surface area contributed by atoms with E-state index in [0.29, 0.717) is 18.0 Å². The van der Waals surface area contributed by atoms with Crippen LogP contribution in [0.2, 0.25) is 0 Å². The van der Waals surface area contributed by atoms with Crippen molar-refractivity contribution in [2.75, 3.05) is 11.9 Å². The van der Waals surface area contributed by atoms with Crippen LogP contribution in [0.15, 0.2) is 59.2 Å². The Labute approximate surface area is 173 Å². The maximum atomic E-state index is 12.6. The van der Waals surface area contributed by atoms with Crippen LogP contribution in [0.5, 0.6) is 0 Å². The average Bonchev–Trinajstić information content (AvgIpc) is 3.19. The molecule has 0 atom stereocenters. The lowest BCUT2D eigenvalue weighted by Crippen LogP contribution is -2.03. The van der Waals surface area contributed by atoms with Crippen molar-refractivity contribution >= 4 is 17.8 Å². The molecule has 0 bridgehead atoms. The third-order valence-electron chi connectivity index (χ3n) is 4.57. The van der Waals surface area contributed by atoms with Crippen LogP contribution in [0, 0.1) is 0 Å². The van der Waals surface area contributed by atoms with Crippen LogP contribution in [0.4, 0.5) is 18.9 Å². The first kappa shape index (κ1) is 21.6. The van der Waals surface area contributed by atoms with E-state index in [1.807, 2.05) is 12.1 Å². The number of rotatable bonds is 9. The van der Waals surface area contributed by atoms with E-state index in [-0.39, 0.29) is 0 Å². The molecule has 7 heteroatoms. The van der Waals surface area contributed by atoms with Crippen molar-refractivity contribution in [1.29, 1.82) is 0 Å². The number of oxazole rings is 1. The van der Waals surface area contributed by atoms with Crippen molar-refractivity contribution in [2.45, 2.75) is 32.0 Å². The summed E-state index contributed by atoms with van der Waals surface area (Å²) in [5.74, 6) is 0.391. The van der Waals surface area contributed by atoms with Gasteiger partial charge in [-0.1, -0.05) is 24.3 Å². The van der Waals surface area contributed by atoms with E-state index in [4.69, 9.17) is 10.2 Å². The van der Waals surface area contributed by atoms with E-state index in [1.54, 1.807) is 18.4 Å². The second-order valence-electron chi connectivity index (χ2n) is 6.93. The summed E-state index contributed by atoms with van der Waals surface area (Å²) in [6, 6.07) is 13.2. The number of aromatic nitrogens is 1. The summed E-state index contributed by atoms with van der Waals surface area (Å²) in [6.07, 6.45) is 3.65. The fraction of sp³-hybridized carbons (Fsp3) is 0.261. The fourth-order valence-electron chi connectivity index (χ4n) is 2.89. The summed E-state index contributed by atoms with van der Waals surface area (Å²) in [4.78, 5) is 4.36. The SMILES string of the molecule is NCCCCc1ccc(NCc2coc(/C=C/c3ccc(C(F)(F)F)cc3)n2)cc1. The van der Waals surface area contributed by atoms with Gasteiger partial charge in [-0.05, 0) is 67.3 Å². The Kier molecular flexibility index (Phi) is 7.30. The minimum atomic E-state index is -4.34. The number of nitrogens with zero attached hydrogens (tertiary/aromatic N) is 1. The molecule has 0 aliphatic heterocycles. The lowest BCUT2D eigenvalue weighted by Gasteiger charge is -2.06. The number of anilines is 1. The highest BCUT2D eigenvalue weighted by Crippen LogP contribution is 2.29. The third-order valence-corrected chi connectivity index (χ3v) is 4.57. The highest BCUT2D eigenvalue weighted by atomic mass is 19.4. The number of unbranched alkanes of at least 4 members (excludes halogenated alkanes) is 1. The van der Waals surface area contributed by atoms with E-state index in [1.165, 1.54) is 17.7 Å². The van der Waals surface area contributed by atoms with E-state index in [0.717, 1.165) is 49.3 Å². The number of hydrogen-bond donors (Lipinski definition) is 2. The Hall–Kier alpha value is -3.06. The van der Waals surface area contributed by atoms with Gasteiger partial charge in [-0.2, -0.15) is 13.2 Å². The van der Waals surface area contributed by atoms with Crippen LogP contribution in [0.25, 0.3) is 12.2 Å². The Morgan fingerprint density at radius 1 is 0.967 bits per heavy atom. The molecule has 1 aromatic heterocycles. The van der Waals surface area contributed by atoms with Gasteiger partial charge < -0.3 is 15.5 Å². The highest BCUT2D eigenvalue weighted by Gasteiger charge is 2.29. The van der Waals surface area contributed by atoms with Gasteiger partial charge in [0.2, 0.25) is 5.89 Å². The molecule has 0 aliphatic rings. The number of benzene rings is 2. The first-order valence-corrected chi connectivity index (χ1v) is 9.76. The van der Waals surface area contributed by atoms with Crippen LogP contribution >= 0.6 is 0 Å². The first-order valence-electron chi connectivity index (χ1n) is 9.76. The number of halogens is 3. The summed E-state index contributed by atoms with van der Waals surface area (Å²) in [7, 11) is 0. The van der Waals surface area contributed by atoms with Crippen LogP contribution in [0.1, 0.15) is 41.1 Å². The van der Waals surface area contributed by atoms with Gasteiger partial charge in [0.05, 0.1) is 17.8 Å². The molecule has 158 valence electrons. The molecule has 0 spiro atoms. The minimum Gasteiger partial charge on any atom is -0.445 e. The predicted molar refractivity (Wildman–Crippen MR) is 113 cm³/mol. The first-order chi connectivity index (χ1) is 14.4. The molecule has 0 saturated carbocycles. The van der Waals surface area contributed by atoms with Gasteiger partial charge in [0.25, 0.3) is 0 Å². The van der Waals surface area contributed by atoms with E-state index in [9.17, 15) is 13.2 Å². The maximum Gasteiger partial charge on any atom is 0.416 e. The molecule has 0 unspecified atom stereocenters. The summed E-state index contributed by atoms with van der Waals surface area (Å²) in [5.41, 5.74) is 8.48. The van der Waals surface area contributed by atoms with Gasteiger partial charge in [0.1, 0.15) is 6.26 Å². The topological polar surface area (TPSA) is 64.1 Å². The van der Waals surface area contributed by atoms with Crippen molar-refractivity contribution in [3.63, 3.8) is 0 Å². The molecule has 2 aromatic carbocycles. The van der Waals surface area contributed by atoms with Crippen molar-refractivity contribution < 1.29 is 17.6 Å². The molecular weight excluding hydrogens is 391 g/mol. The molecule has 0 saturated heterocycles. The number of aryl methyl sites for hydroxylation is 1. The van der Waals surface area contributed by atoms with E-state index < -0.39 is 11.7 Å². The zero-order valence-corrected chi connectivity index (χ0v) is 16.5. The second-order valence-corrected chi connectivity index (χ2v) is 6.93. The Morgan fingerprint density at radius 2 is 1.70 bits per heavy atom. The smallest absolute Gasteiger partial charge is 0.416 e. The molecule has 0 radical (unpaired) electrons. The summed E-state index contributed by atoms with van der Waals surface area (Å²) >= 11 is 0. The molecule has 1 heterocycles. The van der Waals surface area contributed by atoms with Crippen molar-refractivity contribution in [3.8, 4) is 0 Å². The van der Waals surface area contributed by atoms with Gasteiger partial charge in [0.15, 0.2) is 0 Å². The summed E-state index contributed by atoms with van der Waals surface area (Å²) in [5, 5.41) is 3.29. The largest absolute Gasteiger partial charge is 0.445 e. The summed E-state index contributed by atoms with van der Waals surface area (Å²) in [6.45, 7) is 1.23.